The minimum atomic E-state index is -0.293. The van der Waals surface area contributed by atoms with Crippen molar-refractivity contribution in [2.45, 2.75) is 6.54 Å². The van der Waals surface area contributed by atoms with Crippen LogP contribution in [0.3, 0.4) is 0 Å². The topological polar surface area (TPSA) is 48.0 Å². The molecule has 0 saturated heterocycles. The van der Waals surface area contributed by atoms with Crippen LogP contribution in [-0.2, 0) is 6.54 Å². The van der Waals surface area contributed by atoms with E-state index in [9.17, 15) is 9.18 Å². The molecule has 3 aromatic rings. The lowest BCUT2D eigenvalue weighted by Gasteiger charge is -2.11. The molecule has 1 aromatic heterocycles. The summed E-state index contributed by atoms with van der Waals surface area (Å²) in [5.41, 5.74) is 7.42. The Balaban J connectivity index is 2.17. The Morgan fingerprint density at radius 1 is 1.05 bits per heavy atom. The molecule has 0 amide bonds. The summed E-state index contributed by atoms with van der Waals surface area (Å²) in [5.74, 6) is -0.293. The van der Waals surface area contributed by atoms with Crippen LogP contribution in [0.1, 0.15) is 5.56 Å². The molecule has 0 aliphatic rings. The summed E-state index contributed by atoms with van der Waals surface area (Å²) < 4.78 is 14.5. The Hall–Kier alpha value is -2.62. The Kier molecular flexibility index (Phi) is 2.99. The number of aromatic nitrogens is 1. The van der Waals surface area contributed by atoms with E-state index in [-0.39, 0.29) is 17.1 Å². The standard InChI is InChI=1S/C16H13FN2O/c17-13-7-5-11(6-8-13)10-19-15-4-2-1-3-12(15)9-14(18)16(19)20/h1-9H,10,18H2. The summed E-state index contributed by atoms with van der Waals surface area (Å²) in [6.45, 7) is 0.366. The monoisotopic (exact) mass is 268 g/mol. The first-order chi connectivity index (χ1) is 9.65. The first-order valence-electron chi connectivity index (χ1n) is 6.27. The number of nitrogens with two attached hydrogens (primary N) is 1. The molecule has 0 spiro atoms. The molecule has 20 heavy (non-hydrogen) atoms. The Morgan fingerprint density at radius 3 is 2.50 bits per heavy atom. The molecule has 2 aromatic carbocycles. The highest BCUT2D eigenvalue weighted by Crippen LogP contribution is 2.15. The molecule has 2 N–H and O–H groups in total. The zero-order valence-electron chi connectivity index (χ0n) is 10.7. The van der Waals surface area contributed by atoms with Crippen LogP contribution in [0.4, 0.5) is 10.1 Å². The van der Waals surface area contributed by atoms with Gasteiger partial charge in [0.1, 0.15) is 5.82 Å². The average Bonchev–Trinajstić information content (AvgIpc) is 2.46. The number of nitrogens with zero attached hydrogens (tertiary/aromatic N) is 1. The molecule has 3 rings (SSSR count). The third-order valence-electron chi connectivity index (χ3n) is 3.28. The number of benzene rings is 2. The summed E-state index contributed by atoms with van der Waals surface area (Å²) in [4.78, 5) is 12.2. The zero-order chi connectivity index (χ0) is 14.1. The number of anilines is 1. The SMILES string of the molecule is Nc1cc2ccccc2n(Cc2ccc(F)cc2)c1=O. The molecular weight excluding hydrogens is 255 g/mol. The Morgan fingerprint density at radius 2 is 1.75 bits per heavy atom. The first kappa shape index (κ1) is 12.4. The summed E-state index contributed by atoms with van der Waals surface area (Å²) in [5, 5.41) is 0.909. The molecule has 1 heterocycles. The predicted molar refractivity (Wildman–Crippen MR) is 78.1 cm³/mol. The lowest BCUT2D eigenvalue weighted by molar-refractivity contribution is 0.626. The number of halogens is 1. The quantitative estimate of drug-likeness (QED) is 0.777. The highest BCUT2D eigenvalue weighted by Gasteiger charge is 2.07. The van der Waals surface area contributed by atoms with Crippen molar-refractivity contribution in [3.8, 4) is 0 Å². The third kappa shape index (κ3) is 2.16. The molecule has 0 radical (unpaired) electrons. The largest absolute Gasteiger partial charge is 0.394 e. The van der Waals surface area contributed by atoms with Crippen LogP contribution >= 0.6 is 0 Å². The van der Waals surface area contributed by atoms with Gasteiger partial charge < -0.3 is 10.3 Å². The minimum Gasteiger partial charge on any atom is -0.394 e. The van der Waals surface area contributed by atoms with E-state index in [1.807, 2.05) is 24.3 Å². The molecule has 0 saturated carbocycles. The van der Waals surface area contributed by atoms with E-state index in [0.717, 1.165) is 16.5 Å². The van der Waals surface area contributed by atoms with Crippen LogP contribution in [0.25, 0.3) is 10.9 Å². The van der Waals surface area contributed by atoms with Gasteiger partial charge in [-0.15, -0.1) is 0 Å². The number of nitrogen functional groups attached to an aromatic ring is 1. The van der Waals surface area contributed by atoms with Crippen LogP contribution in [-0.4, -0.2) is 4.57 Å². The number of para-hydroxylation sites is 1. The van der Waals surface area contributed by atoms with Crippen LogP contribution in [0.15, 0.2) is 59.4 Å². The molecule has 0 aliphatic carbocycles. The Bertz CT molecular complexity index is 822. The fourth-order valence-electron chi connectivity index (χ4n) is 2.28. The predicted octanol–water partition coefficient (Wildman–Crippen LogP) is 2.77. The van der Waals surface area contributed by atoms with E-state index in [2.05, 4.69) is 0 Å². The second-order valence-electron chi connectivity index (χ2n) is 4.68. The fourth-order valence-corrected chi connectivity index (χ4v) is 2.28. The van der Waals surface area contributed by atoms with E-state index < -0.39 is 0 Å². The van der Waals surface area contributed by atoms with Crippen molar-refractivity contribution < 1.29 is 4.39 Å². The van der Waals surface area contributed by atoms with Gasteiger partial charge in [0.05, 0.1) is 17.7 Å². The van der Waals surface area contributed by atoms with Gasteiger partial charge in [0.15, 0.2) is 0 Å². The molecule has 0 unspecified atom stereocenters. The van der Waals surface area contributed by atoms with Crippen molar-refractivity contribution in [3.63, 3.8) is 0 Å². The summed E-state index contributed by atoms with van der Waals surface area (Å²) >= 11 is 0. The molecular formula is C16H13FN2O. The van der Waals surface area contributed by atoms with Crippen molar-refractivity contribution >= 4 is 16.6 Å². The van der Waals surface area contributed by atoms with Gasteiger partial charge in [0.2, 0.25) is 0 Å². The molecule has 3 nitrogen and oxygen atoms in total. The van der Waals surface area contributed by atoms with E-state index in [1.54, 1.807) is 22.8 Å². The van der Waals surface area contributed by atoms with Gasteiger partial charge in [0.25, 0.3) is 5.56 Å². The van der Waals surface area contributed by atoms with E-state index in [4.69, 9.17) is 5.73 Å². The number of fused-ring (bicyclic) bond motifs is 1. The third-order valence-corrected chi connectivity index (χ3v) is 3.28. The zero-order valence-corrected chi connectivity index (χ0v) is 10.7. The van der Waals surface area contributed by atoms with Gasteiger partial charge in [-0.1, -0.05) is 30.3 Å². The first-order valence-corrected chi connectivity index (χ1v) is 6.27. The maximum Gasteiger partial charge on any atom is 0.274 e. The molecule has 0 fully saturated rings. The molecule has 0 bridgehead atoms. The Labute approximate surface area is 115 Å². The van der Waals surface area contributed by atoms with Gasteiger partial charge in [-0.25, -0.2) is 4.39 Å². The van der Waals surface area contributed by atoms with Crippen molar-refractivity contribution in [2.75, 3.05) is 5.73 Å². The maximum atomic E-state index is 12.9. The maximum absolute atomic E-state index is 12.9. The van der Waals surface area contributed by atoms with E-state index >= 15 is 0 Å². The highest BCUT2D eigenvalue weighted by molar-refractivity contribution is 5.81. The number of hydrogen-bond acceptors (Lipinski definition) is 2. The second kappa shape index (κ2) is 4.81. The van der Waals surface area contributed by atoms with E-state index in [1.165, 1.54) is 12.1 Å². The van der Waals surface area contributed by atoms with Crippen LogP contribution < -0.4 is 11.3 Å². The van der Waals surface area contributed by atoms with Gasteiger partial charge in [0, 0.05) is 5.39 Å². The lowest BCUT2D eigenvalue weighted by Crippen LogP contribution is -2.23. The van der Waals surface area contributed by atoms with E-state index in [0.29, 0.717) is 6.54 Å². The van der Waals surface area contributed by atoms with Gasteiger partial charge in [-0.05, 0) is 29.8 Å². The van der Waals surface area contributed by atoms with Crippen LogP contribution in [0.2, 0.25) is 0 Å². The molecule has 100 valence electrons. The average molecular weight is 268 g/mol. The van der Waals surface area contributed by atoms with Crippen molar-refractivity contribution in [1.29, 1.82) is 0 Å². The normalized spacial score (nSPS) is 10.8. The smallest absolute Gasteiger partial charge is 0.274 e. The summed E-state index contributed by atoms with van der Waals surface area (Å²) in [6, 6.07) is 15.3. The number of rotatable bonds is 2. The highest BCUT2D eigenvalue weighted by atomic mass is 19.1. The number of hydrogen-bond donors (Lipinski definition) is 1. The second-order valence-corrected chi connectivity index (χ2v) is 4.68. The van der Waals surface area contributed by atoms with Crippen molar-refractivity contribution in [3.05, 3.63) is 76.3 Å². The minimum absolute atomic E-state index is 0.214. The summed E-state index contributed by atoms with van der Waals surface area (Å²) in [6.07, 6.45) is 0. The molecule has 4 heteroatoms. The van der Waals surface area contributed by atoms with Crippen molar-refractivity contribution in [2.24, 2.45) is 0 Å². The fraction of sp³-hybridized carbons (Fsp3) is 0.0625. The van der Waals surface area contributed by atoms with Gasteiger partial charge in [-0.2, -0.15) is 0 Å². The van der Waals surface area contributed by atoms with Crippen LogP contribution in [0, 0.1) is 5.82 Å². The van der Waals surface area contributed by atoms with Crippen molar-refractivity contribution in [1.82, 2.24) is 4.57 Å². The van der Waals surface area contributed by atoms with Gasteiger partial charge >= 0.3 is 0 Å². The lowest BCUT2D eigenvalue weighted by atomic mass is 10.1. The molecule has 0 aliphatic heterocycles. The van der Waals surface area contributed by atoms with Crippen LogP contribution in [0.5, 0.6) is 0 Å². The summed E-state index contributed by atoms with van der Waals surface area (Å²) in [7, 11) is 0. The number of pyridine rings is 1. The molecule has 0 atom stereocenters. The van der Waals surface area contributed by atoms with Gasteiger partial charge in [-0.3, -0.25) is 4.79 Å².